The molecule has 0 aliphatic rings. The Hall–Kier alpha value is -1.29. The topological polar surface area (TPSA) is 26.3 Å². The molecule has 2 nitrogen and oxygen atoms in total. The summed E-state index contributed by atoms with van der Waals surface area (Å²) in [4.78, 5) is 11.8. The Kier molecular flexibility index (Phi) is 4.75. The van der Waals surface area contributed by atoms with Crippen LogP contribution in [0.15, 0.2) is 18.2 Å². The highest BCUT2D eigenvalue weighted by molar-refractivity contribution is 5.85. The summed E-state index contributed by atoms with van der Waals surface area (Å²) in [6, 6.07) is 3.56. The number of Topliss-reactive ketones (excluding diaryl/α,β-unsaturated/α-hetero) is 1. The minimum Gasteiger partial charge on any atom is -0.373 e. The van der Waals surface area contributed by atoms with E-state index in [9.17, 15) is 13.6 Å². The van der Waals surface area contributed by atoms with Crippen LogP contribution < -0.4 is 0 Å². The second-order valence-corrected chi connectivity index (χ2v) is 4.24. The molecule has 0 N–H and O–H groups in total. The van der Waals surface area contributed by atoms with Gasteiger partial charge in [-0.25, -0.2) is 8.78 Å². The largest absolute Gasteiger partial charge is 0.373 e. The Labute approximate surface area is 99.6 Å². The zero-order valence-electron chi connectivity index (χ0n) is 10.2. The molecule has 4 heteroatoms. The minimum absolute atomic E-state index is 0.0256. The molecule has 0 aliphatic carbocycles. The van der Waals surface area contributed by atoms with Gasteiger partial charge in [0, 0.05) is 19.1 Å². The van der Waals surface area contributed by atoms with E-state index in [-0.39, 0.29) is 23.7 Å². The molecular weight excluding hydrogens is 226 g/mol. The highest BCUT2D eigenvalue weighted by Gasteiger charge is 2.23. The smallest absolute Gasteiger partial charge is 0.166 e. The number of hydrogen-bond acceptors (Lipinski definition) is 2. The lowest BCUT2D eigenvalue weighted by Crippen LogP contribution is -2.30. The molecule has 94 valence electrons. The van der Waals surface area contributed by atoms with Crippen molar-refractivity contribution in [2.75, 3.05) is 7.11 Å². The van der Waals surface area contributed by atoms with Crippen molar-refractivity contribution in [3.8, 4) is 0 Å². The Balaban J connectivity index is 2.87. The lowest BCUT2D eigenvalue weighted by Gasteiger charge is -2.18. The molecule has 0 bridgehead atoms. The van der Waals surface area contributed by atoms with E-state index >= 15 is 0 Å². The summed E-state index contributed by atoms with van der Waals surface area (Å²) in [6.45, 7) is 3.65. The predicted octanol–water partition coefficient (Wildman–Crippen LogP) is 2.75. The van der Waals surface area contributed by atoms with Gasteiger partial charge in [0.25, 0.3) is 0 Å². The standard InChI is InChI=1S/C13H16F2O2/c1-8(2)13(17-3)12(16)7-9-10(14)5-4-6-11(9)15/h4-6,8,13H,7H2,1-3H3. The number of rotatable bonds is 5. The number of benzene rings is 1. The van der Waals surface area contributed by atoms with Crippen LogP contribution >= 0.6 is 0 Å². The fraction of sp³-hybridized carbons (Fsp3) is 0.462. The van der Waals surface area contributed by atoms with Crippen LogP contribution in [-0.2, 0) is 16.0 Å². The lowest BCUT2D eigenvalue weighted by molar-refractivity contribution is -0.130. The van der Waals surface area contributed by atoms with Gasteiger partial charge in [-0.05, 0) is 18.1 Å². The quantitative estimate of drug-likeness (QED) is 0.793. The fourth-order valence-corrected chi connectivity index (χ4v) is 1.75. The Morgan fingerprint density at radius 1 is 1.29 bits per heavy atom. The zero-order valence-corrected chi connectivity index (χ0v) is 10.2. The van der Waals surface area contributed by atoms with E-state index in [1.54, 1.807) is 0 Å². The van der Waals surface area contributed by atoms with Crippen LogP contribution in [0, 0.1) is 17.6 Å². The van der Waals surface area contributed by atoms with Gasteiger partial charge in [0.05, 0.1) is 0 Å². The molecule has 1 rings (SSSR count). The summed E-state index contributed by atoms with van der Waals surface area (Å²) in [7, 11) is 1.42. The molecule has 0 aliphatic heterocycles. The van der Waals surface area contributed by atoms with Gasteiger partial charge in [0.2, 0.25) is 0 Å². The molecule has 0 fully saturated rings. The Bertz CT molecular complexity index is 382. The van der Waals surface area contributed by atoms with Gasteiger partial charge in [0.1, 0.15) is 17.7 Å². The summed E-state index contributed by atoms with van der Waals surface area (Å²) < 4.78 is 31.7. The summed E-state index contributed by atoms with van der Waals surface area (Å²) in [6.07, 6.45) is -0.913. The summed E-state index contributed by atoms with van der Waals surface area (Å²) in [5, 5.41) is 0. The van der Waals surface area contributed by atoms with Gasteiger partial charge in [-0.3, -0.25) is 4.79 Å². The van der Waals surface area contributed by atoms with Gasteiger partial charge in [0.15, 0.2) is 5.78 Å². The van der Waals surface area contributed by atoms with Gasteiger partial charge < -0.3 is 4.74 Å². The summed E-state index contributed by atoms with van der Waals surface area (Å²) >= 11 is 0. The van der Waals surface area contributed by atoms with Gasteiger partial charge in [-0.15, -0.1) is 0 Å². The highest BCUT2D eigenvalue weighted by atomic mass is 19.1. The fourth-order valence-electron chi connectivity index (χ4n) is 1.75. The summed E-state index contributed by atoms with van der Waals surface area (Å²) in [5.74, 6) is -1.73. The number of halogens is 2. The monoisotopic (exact) mass is 242 g/mol. The van der Waals surface area contributed by atoms with Crippen molar-refractivity contribution in [1.29, 1.82) is 0 Å². The third-order valence-corrected chi connectivity index (χ3v) is 2.59. The van der Waals surface area contributed by atoms with Crippen molar-refractivity contribution in [2.24, 2.45) is 5.92 Å². The maximum Gasteiger partial charge on any atom is 0.166 e. The third-order valence-electron chi connectivity index (χ3n) is 2.59. The molecule has 1 unspecified atom stereocenters. The first-order valence-electron chi connectivity index (χ1n) is 5.45. The molecule has 0 aromatic heterocycles. The zero-order chi connectivity index (χ0) is 13.0. The average Bonchev–Trinajstić information content (AvgIpc) is 2.24. The Morgan fingerprint density at radius 2 is 1.82 bits per heavy atom. The predicted molar refractivity (Wildman–Crippen MR) is 60.7 cm³/mol. The Morgan fingerprint density at radius 3 is 2.24 bits per heavy atom. The van der Waals surface area contributed by atoms with E-state index in [0.717, 1.165) is 12.1 Å². The molecule has 1 aromatic carbocycles. The van der Waals surface area contributed by atoms with Crippen molar-refractivity contribution in [1.82, 2.24) is 0 Å². The van der Waals surface area contributed by atoms with Gasteiger partial charge in [-0.1, -0.05) is 19.9 Å². The van der Waals surface area contributed by atoms with Crippen LogP contribution in [-0.4, -0.2) is 19.0 Å². The van der Waals surface area contributed by atoms with E-state index in [0.29, 0.717) is 0 Å². The molecule has 0 saturated carbocycles. The van der Waals surface area contributed by atoms with Gasteiger partial charge >= 0.3 is 0 Å². The molecule has 0 saturated heterocycles. The van der Waals surface area contributed by atoms with E-state index < -0.39 is 17.7 Å². The first-order valence-corrected chi connectivity index (χ1v) is 5.45. The van der Waals surface area contributed by atoms with Crippen LogP contribution in [0.3, 0.4) is 0 Å². The van der Waals surface area contributed by atoms with Crippen LogP contribution in [0.5, 0.6) is 0 Å². The number of ether oxygens (including phenoxy) is 1. The van der Waals surface area contributed by atoms with Crippen LogP contribution in [0.1, 0.15) is 19.4 Å². The first-order chi connectivity index (χ1) is 7.97. The molecule has 0 amide bonds. The van der Waals surface area contributed by atoms with Crippen LogP contribution in [0.4, 0.5) is 8.78 Å². The van der Waals surface area contributed by atoms with Gasteiger partial charge in [-0.2, -0.15) is 0 Å². The molecule has 0 spiro atoms. The second-order valence-electron chi connectivity index (χ2n) is 4.24. The third kappa shape index (κ3) is 3.33. The van der Waals surface area contributed by atoms with Crippen molar-refractivity contribution in [3.05, 3.63) is 35.4 Å². The average molecular weight is 242 g/mol. The number of ketones is 1. The van der Waals surface area contributed by atoms with E-state index in [2.05, 4.69) is 0 Å². The minimum atomic E-state index is -0.697. The van der Waals surface area contributed by atoms with E-state index in [4.69, 9.17) is 4.74 Å². The van der Waals surface area contributed by atoms with Crippen molar-refractivity contribution >= 4 is 5.78 Å². The number of hydrogen-bond donors (Lipinski definition) is 0. The second kappa shape index (κ2) is 5.87. The molecule has 17 heavy (non-hydrogen) atoms. The number of carbonyl (C=O) groups is 1. The number of methoxy groups -OCH3 is 1. The van der Waals surface area contributed by atoms with Crippen LogP contribution in [0.25, 0.3) is 0 Å². The van der Waals surface area contributed by atoms with Crippen LogP contribution in [0.2, 0.25) is 0 Å². The molecule has 1 atom stereocenters. The highest BCUT2D eigenvalue weighted by Crippen LogP contribution is 2.16. The SMILES string of the molecule is COC(C(=O)Cc1c(F)cccc1F)C(C)C. The maximum atomic E-state index is 13.3. The molecule has 0 radical (unpaired) electrons. The first kappa shape index (κ1) is 13.8. The van der Waals surface area contributed by atoms with E-state index in [1.807, 2.05) is 13.8 Å². The lowest BCUT2D eigenvalue weighted by atomic mass is 9.97. The van der Waals surface area contributed by atoms with Crippen molar-refractivity contribution < 1.29 is 18.3 Å². The van der Waals surface area contributed by atoms with Crippen molar-refractivity contribution in [2.45, 2.75) is 26.4 Å². The molecule has 0 heterocycles. The normalized spacial score (nSPS) is 12.8. The molecule has 1 aromatic rings. The maximum absolute atomic E-state index is 13.3. The van der Waals surface area contributed by atoms with Crippen molar-refractivity contribution in [3.63, 3.8) is 0 Å². The molecular formula is C13H16F2O2. The van der Waals surface area contributed by atoms with E-state index in [1.165, 1.54) is 13.2 Å². The summed E-state index contributed by atoms with van der Waals surface area (Å²) in [5.41, 5.74) is -0.194. The number of carbonyl (C=O) groups excluding carboxylic acids is 1.